The van der Waals surface area contributed by atoms with Gasteiger partial charge in [0.2, 0.25) is 10.0 Å². The van der Waals surface area contributed by atoms with Gasteiger partial charge >= 0.3 is 0 Å². The Kier molecular flexibility index (Phi) is 4.20. The zero-order valence-corrected chi connectivity index (χ0v) is 11.2. The van der Waals surface area contributed by atoms with Crippen LogP contribution in [0, 0.1) is 11.3 Å². The van der Waals surface area contributed by atoms with E-state index in [0.717, 1.165) is 12.8 Å². The molecule has 0 saturated heterocycles. The molecule has 0 spiro atoms. The normalized spacial score (nSPS) is 23.8. The smallest absolute Gasteiger partial charge is 0.242 e. The molecule has 102 valence electrons. The van der Waals surface area contributed by atoms with Gasteiger partial charge in [0.05, 0.1) is 16.6 Å². The van der Waals surface area contributed by atoms with Gasteiger partial charge in [0.25, 0.3) is 0 Å². The van der Waals surface area contributed by atoms with Crippen molar-refractivity contribution < 1.29 is 13.5 Å². The van der Waals surface area contributed by atoms with E-state index in [1.807, 2.05) is 6.07 Å². The fourth-order valence-corrected chi connectivity index (χ4v) is 3.77. The van der Waals surface area contributed by atoms with Crippen LogP contribution in [-0.4, -0.2) is 25.7 Å². The fourth-order valence-electron chi connectivity index (χ4n) is 2.30. The van der Waals surface area contributed by atoms with Gasteiger partial charge in [0, 0.05) is 6.04 Å². The number of rotatable bonds is 3. The molecule has 19 heavy (non-hydrogen) atoms. The Labute approximate surface area is 112 Å². The summed E-state index contributed by atoms with van der Waals surface area (Å²) in [6.45, 7) is 0. The van der Waals surface area contributed by atoms with E-state index in [9.17, 15) is 13.5 Å². The second kappa shape index (κ2) is 5.70. The minimum atomic E-state index is -3.77. The SMILES string of the molecule is N#Cc1ccccc1S(=O)(=O)N[C@H]1CCCC[C@@H]1O. The minimum absolute atomic E-state index is 0.0322. The lowest BCUT2D eigenvalue weighted by molar-refractivity contribution is 0.101. The standard InChI is InChI=1S/C13H16N2O3S/c14-9-10-5-1-4-8-13(10)19(17,18)15-11-6-2-3-7-12(11)16/h1,4-5,8,11-12,15-16H,2-3,6-7H2/t11-,12-/m0/s1. The Morgan fingerprint density at radius 3 is 2.63 bits per heavy atom. The Hall–Kier alpha value is -1.42. The molecule has 5 nitrogen and oxygen atoms in total. The van der Waals surface area contributed by atoms with Gasteiger partial charge in [-0.05, 0) is 25.0 Å². The summed E-state index contributed by atoms with van der Waals surface area (Å²) in [5, 5.41) is 18.8. The lowest BCUT2D eigenvalue weighted by Crippen LogP contribution is -2.45. The van der Waals surface area contributed by atoms with Crippen molar-refractivity contribution in [1.82, 2.24) is 4.72 Å². The van der Waals surface area contributed by atoms with Crippen LogP contribution in [0.2, 0.25) is 0 Å². The van der Waals surface area contributed by atoms with E-state index in [0.29, 0.717) is 12.8 Å². The summed E-state index contributed by atoms with van der Waals surface area (Å²) in [4.78, 5) is -0.0322. The quantitative estimate of drug-likeness (QED) is 0.868. The van der Waals surface area contributed by atoms with Gasteiger partial charge in [-0.3, -0.25) is 0 Å². The Morgan fingerprint density at radius 2 is 1.95 bits per heavy atom. The lowest BCUT2D eigenvalue weighted by Gasteiger charge is -2.28. The van der Waals surface area contributed by atoms with E-state index in [-0.39, 0.29) is 10.5 Å². The van der Waals surface area contributed by atoms with Gasteiger partial charge < -0.3 is 5.11 Å². The van der Waals surface area contributed by atoms with Gasteiger partial charge in [-0.1, -0.05) is 25.0 Å². The predicted octanol–water partition coefficient (Wildman–Crippen LogP) is 1.14. The maximum atomic E-state index is 12.3. The van der Waals surface area contributed by atoms with Gasteiger partial charge in [-0.2, -0.15) is 5.26 Å². The van der Waals surface area contributed by atoms with Crippen molar-refractivity contribution in [2.24, 2.45) is 0 Å². The molecule has 1 fully saturated rings. The van der Waals surface area contributed by atoms with Crippen LogP contribution in [0.5, 0.6) is 0 Å². The summed E-state index contributed by atoms with van der Waals surface area (Å²) < 4.78 is 27.0. The molecule has 0 amide bonds. The monoisotopic (exact) mass is 280 g/mol. The van der Waals surface area contributed by atoms with E-state index in [4.69, 9.17) is 5.26 Å². The van der Waals surface area contributed by atoms with Gasteiger partial charge in [0.15, 0.2) is 0 Å². The summed E-state index contributed by atoms with van der Waals surface area (Å²) in [6.07, 6.45) is 2.37. The molecule has 1 aliphatic carbocycles. The summed E-state index contributed by atoms with van der Waals surface area (Å²) in [6, 6.07) is 7.46. The number of sulfonamides is 1. The highest BCUT2D eigenvalue weighted by atomic mass is 32.2. The van der Waals surface area contributed by atoms with E-state index in [2.05, 4.69) is 4.72 Å². The predicted molar refractivity (Wildman–Crippen MR) is 69.7 cm³/mol. The molecule has 0 radical (unpaired) electrons. The average molecular weight is 280 g/mol. The third-order valence-electron chi connectivity index (χ3n) is 3.33. The first-order chi connectivity index (χ1) is 9.04. The Bertz CT molecular complexity index is 592. The van der Waals surface area contributed by atoms with Crippen molar-refractivity contribution >= 4 is 10.0 Å². The van der Waals surface area contributed by atoms with Crippen molar-refractivity contribution in [3.63, 3.8) is 0 Å². The average Bonchev–Trinajstić information content (AvgIpc) is 2.41. The van der Waals surface area contributed by atoms with Crippen molar-refractivity contribution in [2.75, 3.05) is 0 Å². The number of aliphatic hydroxyl groups excluding tert-OH is 1. The van der Waals surface area contributed by atoms with E-state index in [1.54, 1.807) is 12.1 Å². The molecule has 2 atom stereocenters. The number of aliphatic hydroxyl groups is 1. The van der Waals surface area contributed by atoms with Gasteiger partial charge in [-0.25, -0.2) is 13.1 Å². The summed E-state index contributed by atoms with van der Waals surface area (Å²) in [5.74, 6) is 0. The van der Waals surface area contributed by atoms with Crippen molar-refractivity contribution in [2.45, 2.75) is 42.7 Å². The van der Waals surface area contributed by atoms with Crippen molar-refractivity contribution in [1.29, 1.82) is 5.26 Å². The number of benzene rings is 1. The van der Waals surface area contributed by atoms with Gasteiger partial charge in [0.1, 0.15) is 6.07 Å². The zero-order chi connectivity index (χ0) is 13.9. The second-order valence-electron chi connectivity index (χ2n) is 4.69. The van der Waals surface area contributed by atoms with E-state index >= 15 is 0 Å². The van der Waals surface area contributed by atoms with Gasteiger partial charge in [-0.15, -0.1) is 0 Å². The first-order valence-corrected chi connectivity index (χ1v) is 7.72. The first kappa shape index (κ1) is 14.0. The Balaban J connectivity index is 2.25. The molecule has 1 saturated carbocycles. The molecular weight excluding hydrogens is 264 g/mol. The summed E-state index contributed by atoms with van der Waals surface area (Å²) in [5.41, 5.74) is 0.111. The number of nitrogens with one attached hydrogen (secondary N) is 1. The third-order valence-corrected chi connectivity index (χ3v) is 4.88. The molecule has 0 bridgehead atoms. The van der Waals surface area contributed by atoms with Crippen LogP contribution >= 0.6 is 0 Å². The molecule has 0 aromatic heterocycles. The molecule has 0 unspecified atom stereocenters. The van der Waals surface area contributed by atoms with Crippen molar-refractivity contribution in [3.8, 4) is 6.07 Å². The maximum Gasteiger partial charge on any atom is 0.242 e. The fraction of sp³-hybridized carbons (Fsp3) is 0.462. The molecule has 2 rings (SSSR count). The number of nitrogens with zero attached hydrogens (tertiary/aromatic N) is 1. The molecule has 1 aromatic rings. The number of hydrogen-bond donors (Lipinski definition) is 2. The molecule has 1 aliphatic rings. The van der Waals surface area contributed by atoms with Crippen LogP contribution in [0.25, 0.3) is 0 Å². The van der Waals surface area contributed by atoms with Crippen LogP contribution < -0.4 is 4.72 Å². The molecule has 6 heteroatoms. The van der Waals surface area contributed by atoms with Crippen LogP contribution in [0.4, 0.5) is 0 Å². The largest absolute Gasteiger partial charge is 0.391 e. The van der Waals surface area contributed by atoms with Crippen LogP contribution in [-0.2, 0) is 10.0 Å². The van der Waals surface area contributed by atoms with Crippen LogP contribution in [0.15, 0.2) is 29.2 Å². The number of hydrogen-bond acceptors (Lipinski definition) is 4. The molecule has 0 heterocycles. The molecule has 2 N–H and O–H groups in total. The highest BCUT2D eigenvalue weighted by molar-refractivity contribution is 7.89. The summed E-state index contributed by atoms with van der Waals surface area (Å²) in [7, 11) is -3.77. The Morgan fingerprint density at radius 1 is 1.26 bits per heavy atom. The molecule has 0 aliphatic heterocycles. The topological polar surface area (TPSA) is 90.2 Å². The van der Waals surface area contributed by atoms with E-state index in [1.165, 1.54) is 12.1 Å². The molecule has 1 aromatic carbocycles. The van der Waals surface area contributed by atoms with Crippen LogP contribution in [0.3, 0.4) is 0 Å². The second-order valence-corrected chi connectivity index (χ2v) is 6.37. The number of nitriles is 1. The maximum absolute atomic E-state index is 12.3. The third kappa shape index (κ3) is 3.13. The first-order valence-electron chi connectivity index (χ1n) is 6.24. The van der Waals surface area contributed by atoms with Crippen LogP contribution in [0.1, 0.15) is 31.2 Å². The van der Waals surface area contributed by atoms with E-state index < -0.39 is 22.2 Å². The zero-order valence-electron chi connectivity index (χ0n) is 10.4. The summed E-state index contributed by atoms with van der Waals surface area (Å²) >= 11 is 0. The lowest BCUT2D eigenvalue weighted by atomic mass is 9.93. The minimum Gasteiger partial charge on any atom is -0.391 e. The molecular formula is C13H16N2O3S. The van der Waals surface area contributed by atoms with Crippen molar-refractivity contribution in [3.05, 3.63) is 29.8 Å². The highest BCUT2D eigenvalue weighted by Crippen LogP contribution is 2.21. The highest BCUT2D eigenvalue weighted by Gasteiger charge is 2.29.